The van der Waals surface area contributed by atoms with Crippen LogP contribution in [-0.2, 0) is 0 Å². The Hall–Kier alpha value is 0.420. The van der Waals surface area contributed by atoms with Crippen molar-refractivity contribution in [1.82, 2.24) is 5.43 Å². The van der Waals surface area contributed by atoms with Gasteiger partial charge in [-0.3, -0.25) is 11.3 Å². The Balaban J connectivity index is 2.24. The van der Waals surface area contributed by atoms with Gasteiger partial charge in [0.15, 0.2) is 0 Å². The number of rotatable bonds is 3. The molecule has 0 aliphatic carbocycles. The molecule has 17 heavy (non-hydrogen) atoms. The summed E-state index contributed by atoms with van der Waals surface area (Å²) in [6, 6.07) is 5.75. The molecule has 0 aromatic heterocycles. The lowest BCUT2D eigenvalue weighted by Gasteiger charge is -2.30. The van der Waals surface area contributed by atoms with Gasteiger partial charge in [-0.15, -0.1) is 0 Å². The Kier molecular flexibility index (Phi) is 5.33. The van der Waals surface area contributed by atoms with Crippen LogP contribution >= 0.6 is 46.7 Å². The number of thioether (sulfide) groups is 2. The van der Waals surface area contributed by atoms with Crippen molar-refractivity contribution in [1.29, 1.82) is 0 Å². The lowest BCUT2D eigenvalue weighted by molar-refractivity contribution is 0.553. The molecule has 1 aliphatic rings. The molecule has 2 nitrogen and oxygen atoms in total. The van der Waals surface area contributed by atoms with Crippen molar-refractivity contribution < 1.29 is 0 Å². The highest BCUT2D eigenvalue weighted by Gasteiger charge is 2.27. The maximum absolute atomic E-state index is 6.24. The number of nitrogens with one attached hydrogen (secondary N) is 1. The Morgan fingerprint density at radius 1 is 1.35 bits per heavy atom. The van der Waals surface area contributed by atoms with Crippen LogP contribution in [0, 0.1) is 0 Å². The van der Waals surface area contributed by atoms with E-state index in [1.165, 1.54) is 5.75 Å². The van der Waals surface area contributed by atoms with Gasteiger partial charge >= 0.3 is 0 Å². The second kappa shape index (κ2) is 6.55. The van der Waals surface area contributed by atoms with Gasteiger partial charge < -0.3 is 0 Å². The molecule has 1 fully saturated rings. The predicted molar refractivity (Wildman–Crippen MR) is 80.1 cm³/mol. The molecule has 6 heteroatoms. The molecule has 1 heterocycles. The van der Waals surface area contributed by atoms with Crippen molar-refractivity contribution in [2.45, 2.75) is 11.3 Å². The maximum atomic E-state index is 6.24. The lowest BCUT2D eigenvalue weighted by atomic mass is 10.0. The van der Waals surface area contributed by atoms with E-state index in [9.17, 15) is 0 Å². The van der Waals surface area contributed by atoms with Crippen LogP contribution in [0.2, 0.25) is 10.0 Å². The third-order valence-corrected chi connectivity index (χ3v) is 6.41. The van der Waals surface area contributed by atoms with E-state index in [0.29, 0.717) is 15.3 Å². The van der Waals surface area contributed by atoms with Gasteiger partial charge in [-0.05, 0) is 11.6 Å². The smallest absolute Gasteiger partial charge is 0.0641 e. The van der Waals surface area contributed by atoms with E-state index in [1.807, 2.05) is 35.7 Å². The van der Waals surface area contributed by atoms with Crippen molar-refractivity contribution in [2.75, 3.05) is 17.3 Å². The third-order valence-electron chi connectivity index (χ3n) is 2.71. The summed E-state index contributed by atoms with van der Waals surface area (Å²) in [6.45, 7) is 0. The van der Waals surface area contributed by atoms with Crippen LogP contribution in [0.15, 0.2) is 18.2 Å². The molecule has 0 amide bonds. The molecule has 2 rings (SSSR count). The topological polar surface area (TPSA) is 38.0 Å². The summed E-state index contributed by atoms with van der Waals surface area (Å²) in [5, 5.41) is 1.63. The standard InChI is InChI=1S/C11H14Cl2N2S2/c12-8-3-1-2-7(10(8)13)11(15-14)9-6-16-4-5-17-9/h1-3,9,11,15H,4-6,14H2. The van der Waals surface area contributed by atoms with Crippen molar-refractivity contribution in [3.63, 3.8) is 0 Å². The Morgan fingerprint density at radius 3 is 2.82 bits per heavy atom. The first-order valence-corrected chi connectivity index (χ1v) is 8.29. The minimum Gasteiger partial charge on any atom is -0.271 e. The molecule has 2 unspecified atom stereocenters. The summed E-state index contributed by atoms with van der Waals surface area (Å²) in [6.07, 6.45) is 0. The molecule has 94 valence electrons. The van der Waals surface area contributed by atoms with Crippen molar-refractivity contribution in [3.8, 4) is 0 Å². The fraction of sp³-hybridized carbons (Fsp3) is 0.455. The number of nitrogens with two attached hydrogens (primary N) is 1. The van der Waals surface area contributed by atoms with E-state index in [-0.39, 0.29) is 6.04 Å². The van der Waals surface area contributed by atoms with E-state index in [2.05, 4.69) is 5.43 Å². The average molecular weight is 309 g/mol. The first-order chi connectivity index (χ1) is 8.24. The molecule has 0 radical (unpaired) electrons. The van der Waals surface area contributed by atoms with Crippen LogP contribution in [0.4, 0.5) is 0 Å². The summed E-state index contributed by atoms with van der Waals surface area (Å²) >= 11 is 16.2. The summed E-state index contributed by atoms with van der Waals surface area (Å²) in [4.78, 5) is 0. The number of hydrogen-bond acceptors (Lipinski definition) is 4. The zero-order valence-corrected chi connectivity index (χ0v) is 12.3. The van der Waals surface area contributed by atoms with Crippen LogP contribution in [0.1, 0.15) is 11.6 Å². The van der Waals surface area contributed by atoms with Crippen LogP contribution in [-0.4, -0.2) is 22.5 Å². The van der Waals surface area contributed by atoms with Gasteiger partial charge in [0.2, 0.25) is 0 Å². The molecule has 1 aliphatic heterocycles. The summed E-state index contributed by atoms with van der Waals surface area (Å²) in [7, 11) is 0. The van der Waals surface area contributed by atoms with Gasteiger partial charge in [0, 0.05) is 22.5 Å². The highest BCUT2D eigenvalue weighted by molar-refractivity contribution is 8.06. The van der Waals surface area contributed by atoms with Gasteiger partial charge in [0.05, 0.1) is 16.1 Å². The van der Waals surface area contributed by atoms with Gasteiger partial charge in [0.1, 0.15) is 0 Å². The second-order valence-electron chi connectivity index (χ2n) is 3.77. The maximum Gasteiger partial charge on any atom is 0.0641 e. The Morgan fingerprint density at radius 2 is 2.18 bits per heavy atom. The van der Waals surface area contributed by atoms with Gasteiger partial charge in [0.25, 0.3) is 0 Å². The highest BCUT2D eigenvalue weighted by Crippen LogP contribution is 2.37. The molecule has 3 N–H and O–H groups in total. The zero-order valence-electron chi connectivity index (χ0n) is 9.16. The minimum atomic E-state index is 0.0546. The third kappa shape index (κ3) is 3.25. The fourth-order valence-corrected chi connectivity index (χ4v) is 5.12. The number of hydrogen-bond donors (Lipinski definition) is 2. The summed E-state index contributed by atoms with van der Waals surface area (Å²) in [5.41, 5.74) is 3.87. The minimum absolute atomic E-state index is 0.0546. The molecule has 0 saturated carbocycles. The first kappa shape index (κ1) is 13.8. The Labute approximate surface area is 120 Å². The fourth-order valence-electron chi connectivity index (χ4n) is 1.86. The van der Waals surface area contributed by atoms with Gasteiger partial charge in [-0.2, -0.15) is 23.5 Å². The number of benzene rings is 1. The second-order valence-corrected chi connectivity index (χ2v) is 7.05. The molecule has 1 saturated heterocycles. The quantitative estimate of drug-likeness (QED) is 0.663. The van der Waals surface area contributed by atoms with Crippen molar-refractivity contribution in [3.05, 3.63) is 33.8 Å². The van der Waals surface area contributed by atoms with E-state index in [0.717, 1.165) is 17.1 Å². The van der Waals surface area contributed by atoms with Crippen LogP contribution in [0.5, 0.6) is 0 Å². The van der Waals surface area contributed by atoms with Gasteiger partial charge in [-0.1, -0.05) is 35.3 Å². The molecule has 1 aromatic carbocycles. The summed E-state index contributed by atoms with van der Waals surface area (Å²) in [5.74, 6) is 9.13. The normalized spacial score (nSPS) is 22.4. The predicted octanol–water partition coefficient (Wildman–Crippen LogP) is 3.35. The summed E-state index contributed by atoms with van der Waals surface area (Å²) < 4.78 is 0. The monoisotopic (exact) mass is 308 g/mol. The van der Waals surface area contributed by atoms with Crippen LogP contribution in [0.3, 0.4) is 0 Å². The van der Waals surface area contributed by atoms with Gasteiger partial charge in [-0.25, -0.2) is 0 Å². The highest BCUT2D eigenvalue weighted by atomic mass is 35.5. The molecule has 0 bridgehead atoms. The van der Waals surface area contributed by atoms with Crippen LogP contribution < -0.4 is 11.3 Å². The van der Waals surface area contributed by atoms with E-state index in [4.69, 9.17) is 29.0 Å². The molecule has 0 spiro atoms. The molecular formula is C11H14Cl2N2S2. The average Bonchev–Trinajstić information content (AvgIpc) is 2.37. The van der Waals surface area contributed by atoms with E-state index >= 15 is 0 Å². The van der Waals surface area contributed by atoms with E-state index in [1.54, 1.807) is 6.07 Å². The first-order valence-electron chi connectivity index (χ1n) is 5.33. The largest absolute Gasteiger partial charge is 0.271 e. The van der Waals surface area contributed by atoms with Crippen LogP contribution in [0.25, 0.3) is 0 Å². The molecule has 2 atom stereocenters. The van der Waals surface area contributed by atoms with E-state index < -0.39 is 0 Å². The number of halogens is 2. The Bertz CT molecular complexity index is 384. The zero-order chi connectivity index (χ0) is 12.3. The van der Waals surface area contributed by atoms with Crippen molar-refractivity contribution in [2.24, 2.45) is 5.84 Å². The lowest BCUT2D eigenvalue weighted by Crippen LogP contribution is -2.37. The molecular weight excluding hydrogens is 295 g/mol. The van der Waals surface area contributed by atoms with Crippen molar-refractivity contribution >= 4 is 46.7 Å². The SMILES string of the molecule is NNC(c1cccc(Cl)c1Cl)C1CSCCS1. The molecule has 1 aromatic rings. The number of hydrazine groups is 1.